The Bertz CT molecular complexity index is 963. The lowest BCUT2D eigenvalue weighted by atomic mass is 10.00. The molecule has 0 unspecified atom stereocenters. The minimum Gasteiger partial charge on any atom is -0.497 e. The van der Waals surface area contributed by atoms with E-state index in [1.165, 1.54) is 24.0 Å². The molecule has 1 fully saturated rings. The number of methoxy groups -OCH3 is 2. The van der Waals surface area contributed by atoms with Crippen LogP contribution in [0.25, 0.3) is 0 Å². The molecule has 5 nitrogen and oxygen atoms in total. The number of allylic oxidation sites excluding steroid dienone is 6. The molecule has 0 radical (unpaired) electrons. The third-order valence-corrected chi connectivity index (χ3v) is 5.57. The Kier molecular flexibility index (Phi) is 10.7. The zero-order valence-electron chi connectivity index (χ0n) is 20.9. The maximum Gasteiger partial charge on any atom is 0.251 e. The Balaban J connectivity index is 2.32. The lowest BCUT2D eigenvalue weighted by molar-refractivity contribution is 0.0957. The zero-order valence-corrected chi connectivity index (χ0v) is 20.9. The first kappa shape index (κ1) is 26.2. The molecule has 0 heterocycles. The number of benzene rings is 1. The van der Waals surface area contributed by atoms with Crippen LogP contribution in [-0.4, -0.2) is 32.6 Å². The van der Waals surface area contributed by atoms with Gasteiger partial charge in [-0.3, -0.25) is 4.79 Å². The molecule has 178 valence electrons. The number of nitrogens with one attached hydrogen (secondary N) is 1. The monoisotopic (exact) mass is 450 g/mol. The highest BCUT2D eigenvalue weighted by Gasteiger charge is 2.25. The Labute approximate surface area is 199 Å². The van der Waals surface area contributed by atoms with Crippen molar-refractivity contribution in [3.05, 3.63) is 76.5 Å². The Morgan fingerprint density at radius 3 is 2.58 bits per heavy atom. The highest BCUT2D eigenvalue weighted by atomic mass is 16.5. The quantitative estimate of drug-likeness (QED) is 0.241. The van der Waals surface area contributed by atoms with E-state index in [4.69, 9.17) is 14.5 Å². The molecule has 1 N–H and O–H groups in total. The summed E-state index contributed by atoms with van der Waals surface area (Å²) in [6.45, 7) is 8.60. The molecule has 1 amide bonds. The van der Waals surface area contributed by atoms with E-state index < -0.39 is 0 Å². The summed E-state index contributed by atoms with van der Waals surface area (Å²) in [5, 5.41) is 2.90. The third-order valence-electron chi connectivity index (χ3n) is 5.57. The van der Waals surface area contributed by atoms with Crippen molar-refractivity contribution in [2.75, 3.05) is 20.8 Å². The van der Waals surface area contributed by atoms with Crippen molar-refractivity contribution in [3.8, 4) is 5.75 Å². The highest BCUT2D eigenvalue weighted by Crippen LogP contribution is 2.38. The van der Waals surface area contributed by atoms with Gasteiger partial charge in [0.05, 0.1) is 26.5 Å². The number of carbonyl (C=O) groups excluding carboxylic acids is 1. The average Bonchev–Trinajstić information content (AvgIpc) is 3.68. The second-order valence-electron chi connectivity index (χ2n) is 8.09. The predicted molar refractivity (Wildman–Crippen MR) is 137 cm³/mol. The summed E-state index contributed by atoms with van der Waals surface area (Å²) in [5.41, 5.74) is 5.04. The minimum absolute atomic E-state index is 0.191. The summed E-state index contributed by atoms with van der Waals surface area (Å²) in [7, 11) is 3.16. The molecule has 1 saturated carbocycles. The second-order valence-corrected chi connectivity index (χ2v) is 8.09. The fourth-order valence-electron chi connectivity index (χ4n) is 3.43. The predicted octanol–water partition coefficient (Wildman–Crippen LogP) is 6.40. The summed E-state index contributed by atoms with van der Waals surface area (Å²) in [6, 6.07) is 7.06. The van der Waals surface area contributed by atoms with E-state index in [0.29, 0.717) is 23.1 Å². The molecule has 33 heavy (non-hydrogen) atoms. The van der Waals surface area contributed by atoms with E-state index in [1.54, 1.807) is 38.5 Å². The number of hydrogen-bond acceptors (Lipinski definition) is 4. The lowest BCUT2D eigenvalue weighted by Crippen LogP contribution is -2.30. The minimum atomic E-state index is -0.206. The topological polar surface area (TPSA) is 59.9 Å². The Morgan fingerprint density at radius 1 is 1.24 bits per heavy atom. The van der Waals surface area contributed by atoms with Crippen molar-refractivity contribution in [2.45, 2.75) is 53.4 Å². The van der Waals surface area contributed by atoms with Crippen LogP contribution in [0.15, 0.2) is 76.0 Å². The molecule has 5 heteroatoms. The standard InChI is InChI=1S/C28H38N2O3/c1-7-11-22(21-15-16-21)17-23(12-8-2)27(20(4)9-3)30-26(33-6)19-29-28(31)24-13-10-14-25(18-24)32-5/h8,10-14,17-18,21H,7,9,15-16,19H2,1-6H3,(H,29,31)/b12-8-,22-11-,23-17+,27-20?,30-26?. The molecule has 1 aliphatic rings. The fraction of sp³-hybridized carbons (Fsp3) is 0.429. The molecule has 0 spiro atoms. The van der Waals surface area contributed by atoms with Crippen LogP contribution >= 0.6 is 0 Å². The number of rotatable bonds is 11. The number of nitrogens with zero attached hydrogens (tertiary/aromatic N) is 1. The molecule has 0 aliphatic heterocycles. The van der Waals surface area contributed by atoms with E-state index in [1.807, 2.05) is 13.0 Å². The van der Waals surface area contributed by atoms with Crippen LogP contribution in [0.2, 0.25) is 0 Å². The van der Waals surface area contributed by atoms with Gasteiger partial charge in [0.15, 0.2) is 0 Å². The fourth-order valence-corrected chi connectivity index (χ4v) is 3.43. The summed E-state index contributed by atoms with van der Waals surface area (Å²) in [5.74, 6) is 1.54. The van der Waals surface area contributed by atoms with Crippen molar-refractivity contribution in [3.63, 3.8) is 0 Å². The molecule has 1 aromatic rings. The van der Waals surface area contributed by atoms with E-state index in [9.17, 15) is 4.79 Å². The SMILES string of the molecule is C\C=C/C(=C\C(=C\CC)C1CC1)C(N=C(CNC(=O)c1cccc(OC)c1)OC)=C(C)CC. The van der Waals surface area contributed by atoms with Crippen molar-refractivity contribution < 1.29 is 14.3 Å². The molecule has 0 saturated heterocycles. The van der Waals surface area contributed by atoms with Gasteiger partial charge in [-0.05, 0) is 80.9 Å². The van der Waals surface area contributed by atoms with Gasteiger partial charge in [0, 0.05) is 11.1 Å². The van der Waals surface area contributed by atoms with E-state index in [0.717, 1.165) is 24.1 Å². The van der Waals surface area contributed by atoms with E-state index in [2.05, 4.69) is 44.3 Å². The summed E-state index contributed by atoms with van der Waals surface area (Å²) in [4.78, 5) is 17.5. The first-order valence-corrected chi connectivity index (χ1v) is 11.8. The maximum atomic E-state index is 12.6. The molecule has 1 aliphatic carbocycles. The van der Waals surface area contributed by atoms with Crippen LogP contribution < -0.4 is 10.1 Å². The summed E-state index contributed by atoms with van der Waals surface area (Å²) >= 11 is 0. The Morgan fingerprint density at radius 2 is 2.00 bits per heavy atom. The van der Waals surface area contributed by atoms with Gasteiger partial charge in [-0.15, -0.1) is 0 Å². The number of amides is 1. The molecule has 0 atom stereocenters. The van der Waals surface area contributed by atoms with Gasteiger partial charge in [-0.25, -0.2) is 4.99 Å². The molecule has 0 bridgehead atoms. The number of aliphatic imine (C=N–C) groups is 1. The first-order chi connectivity index (χ1) is 16.0. The van der Waals surface area contributed by atoms with Gasteiger partial charge >= 0.3 is 0 Å². The lowest BCUT2D eigenvalue weighted by Gasteiger charge is -2.13. The van der Waals surface area contributed by atoms with Gasteiger partial charge < -0.3 is 14.8 Å². The normalized spacial score (nSPS) is 16.0. The largest absolute Gasteiger partial charge is 0.497 e. The van der Waals surface area contributed by atoms with Gasteiger partial charge in [0.1, 0.15) is 5.75 Å². The van der Waals surface area contributed by atoms with Crippen LogP contribution in [0.1, 0.15) is 63.7 Å². The number of ether oxygens (including phenoxy) is 2. The summed E-state index contributed by atoms with van der Waals surface area (Å²) < 4.78 is 10.8. The van der Waals surface area contributed by atoms with Crippen molar-refractivity contribution in [2.24, 2.45) is 10.9 Å². The Hall–Kier alpha value is -3.08. The number of hydrogen-bond donors (Lipinski definition) is 1. The highest BCUT2D eigenvalue weighted by molar-refractivity contribution is 5.97. The van der Waals surface area contributed by atoms with Crippen LogP contribution in [0.5, 0.6) is 5.75 Å². The van der Waals surface area contributed by atoms with Gasteiger partial charge in [0.2, 0.25) is 5.90 Å². The first-order valence-electron chi connectivity index (χ1n) is 11.8. The molecule has 1 aromatic carbocycles. The van der Waals surface area contributed by atoms with Crippen LogP contribution in [0.4, 0.5) is 0 Å². The number of carbonyl (C=O) groups is 1. The van der Waals surface area contributed by atoms with Crippen LogP contribution in [0.3, 0.4) is 0 Å². The van der Waals surface area contributed by atoms with Crippen molar-refractivity contribution >= 4 is 11.8 Å². The molecular weight excluding hydrogens is 412 g/mol. The van der Waals surface area contributed by atoms with Crippen LogP contribution in [0, 0.1) is 5.92 Å². The molecule has 2 rings (SSSR count). The van der Waals surface area contributed by atoms with E-state index >= 15 is 0 Å². The van der Waals surface area contributed by atoms with Crippen molar-refractivity contribution in [1.82, 2.24) is 5.32 Å². The molecular formula is C28H38N2O3. The smallest absolute Gasteiger partial charge is 0.251 e. The third kappa shape index (κ3) is 8.08. The van der Waals surface area contributed by atoms with Gasteiger partial charge in [0.25, 0.3) is 5.91 Å². The zero-order chi connectivity index (χ0) is 24.2. The maximum absolute atomic E-state index is 12.6. The van der Waals surface area contributed by atoms with Gasteiger partial charge in [-0.2, -0.15) is 0 Å². The van der Waals surface area contributed by atoms with Crippen molar-refractivity contribution in [1.29, 1.82) is 0 Å². The molecule has 0 aromatic heterocycles. The van der Waals surface area contributed by atoms with Crippen LogP contribution in [-0.2, 0) is 4.74 Å². The second kappa shape index (κ2) is 13.5. The summed E-state index contributed by atoms with van der Waals surface area (Å²) in [6.07, 6.45) is 13.1. The average molecular weight is 451 g/mol. The van der Waals surface area contributed by atoms with E-state index in [-0.39, 0.29) is 12.5 Å². The van der Waals surface area contributed by atoms with Gasteiger partial charge in [-0.1, -0.05) is 38.1 Å².